The molecule has 0 saturated carbocycles. The molecule has 0 saturated heterocycles. The van der Waals surface area contributed by atoms with Crippen LogP contribution >= 0.6 is 11.8 Å². The van der Waals surface area contributed by atoms with E-state index in [1.165, 1.54) is 23.9 Å². The van der Waals surface area contributed by atoms with E-state index in [4.69, 9.17) is 5.73 Å². The summed E-state index contributed by atoms with van der Waals surface area (Å²) in [4.78, 5) is 0.948. The fourth-order valence-electron chi connectivity index (χ4n) is 0.900. The van der Waals surface area contributed by atoms with Crippen LogP contribution < -0.4 is 5.73 Å². The van der Waals surface area contributed by atoms with Crippen LogP contribution in [0.4, 0.5) is 4.39 Å². The second-order valence-corrected chi connectivity index (χ2v) is 4.07. The molecule has 0 aliphatic rings. The third-order valence-electron chi connectivity index (χ3n) is 1.55. The first kappa shape index (κ1) is 10.9. The van der Waals surface area contributed by atoms with Crippen LogP contribution in [0.15, 0.2) is 41.2 Å². The molecule has 1 nitrogen and oxygen atoms in total. The topological polar surface area (TPSA) is 26.0 Å². The van der Waals surface area contributed by atoms with Crippen molar-refractivity contribution in [1.29, 1.82) is 0 Å². The molecule has 0 radical (unpaired) electrons. The van der Waals surface area contributed by atoms with Gasteiger partial charge in [0, 0.05) is 11.3 Å². The first-order valence-electron chi connectivity index (χ1n) is 4.13. The molecule has 3 heteroatoms. The predicted octanol–water partition coefficient (Wildman–Crippen LogP) is 3.35. The second-order valence-electron chi connectivity index (χ2n) is 2.90. The van der Waals surface area contributed by atoms with E-state index >= 15 is 0 Å². The Labute approximate surface area is 87.5 Å². The molecule has 14 heavy (non-hydrogen) atoms. The summed E-state index contributed by atoms with van der Waals surface area (Å²) < 4.78 is 12.8. The number of thioether (sulfide) groups is 1. The van der Waals surface area contributed by atoms with E-state index in [0.29, 0.717) is 11.3 Å². The van der Waals surface area contributed by atoms with Gasteiger partial charge in [0.25, 0.3) is 0 Å². The minimum absolute atomic E-state index is 0.279. The molecule has 0 atom stereocenters. The van der Waals surface area contributed by atoms with Gasteiger partial charge in [0.15, 0.2) is 0 Å². The molecule has 0 amide bonds. The molecule has 0 aromatic heterocycles. The van der Waals surface area contributed by atoms with Gasteiger partial charge in [-0.1, -0.05) is 18.7 Å². The molecule has 0 bridgehead atoms. The van der Waals surface area contributed by atoms with Crippen LogP contribution in [0.25, 0.3) is 5.70 Å². The van der Waals surface area contributed by atoms with Gasteiger partial charge in [0.05, 0.1) is 0 Å². The molecular formula is C11H12FNS. The smallest absolute Gasteiger partial charge is 0.123 e. The second kappa shape index (κ2) is 4.86. The van der Waals surface area contributed by atoms with E-state index in [1.54, 1.807) is 17.5 Å². The van der Waals surface area contributed by atoms with Gasteiger partial charge in [-0.15, -0.1) is 11.8 Å². The Morgan fingerprint density at radius 1 is 1.57 bits per heavy atom. The normalized spacial score (nSPS) is 11.4. The van der Waals surface area contributed by atoms with E-state index < -0.39 is 0 Å². The number of hydrogen-bond donors (Lipinski definition) is 1. The zero-order valence-electron chi connectivity index (χ0n) is 7.96. The SMILES string of the molecule is C=C(C)S/C=C(\N)c1cccc(F)c1. The van der Waals surface area contributed by atoms with Gasteiger partial charge in [-0.2, -0.15) is 0 Å². The lowest BCUT2D eigenvalue weighted by molar-refractivity contribution is 0.627. The maximum absolute atomic E-state index is 12.8. The third-order valence-corrected chi connectivity index (χ3v) is 2.32. The fourth-order valence-corrected chi connectivity index (χ4v) is 1.36. The minimum Gasteiger partial charge on any atom is -0.398 e. The van der Waals surface area contributed by atoms with Crippen LogP contribution in [0.3, 0.4) is 0 Å². The van der Waals surface area contributed by atoms with Crippen LogP contribution in [-0.2, 0) is 0 Å². The van der Waals surface area contributed by atoms with Crippen molar-refractivity contribution in [3.8, 4) is 0 Å². The zero-order chi connectivity index (χ0) is 10.6. The lowest BCUT2D eigenvalue weighted by atomic mass is 10.2. The monoisotopic (exact) mass is 209 g/mol. The molecule has 0 heterocycles. The lowest BCUT2D eigenvalue weighted by Crippen LogP contribution is -1.95. The van der Waals surface area contributed by atoms with E-state index in [0.717, 1.165) is 4.91 Å². The Morgan fingerprint density at radius 2 is 2.29 bits per heavy atom. The first-order valence-corrected chi connectivity index (χ1v) is 5.01. The van der Waals surface area contributed by atoms with Crippen LogP contribution in [-0.4, -0.2) is 0 Å². The van der Waals surface area contributed by atoms with Gasteiger partial charge >= 0.3 is 0 Å². The summed E-state index contributed by atoms with van der Waals surface area (Å²) in [6.07, 6.45) is 0. The quantitative estimate of drug-likeness (QED) is 0.826. The highest BCUT2D eigenvalue weighted by Crippen LogP contribution is 2.19. The lowest BCUT2D eigenvalue weighted by Gasteiger charge is -2.01. The van der Waals surface area contributed by atoms with E-state index in [2.05, 4.69) is 6.58 Å². The molecule has 74 valence electrons. The van der Waals surface area contributed by atoms with Crippen molar-refractivity contribution < 1.29 is 4.39 Å². The van der Waals surface area contributed by atoms with Crippen molar-refractivity contribution in [1.82, 2.24) is 0 Å². The number of rotatable bonds is 3. The summed E-state index contributed by atoms with van der Waals surface area (Å²) in [6, 6.07) is 6.21. The highest BCUT2D eigenvalue weighted by atomic mass is 32.2. The molecule has 1 aromatic carbocycles. The Hall–Kier alpha value is -1.22. The van der Waals surface area contributed by atoms with Gasteiger partial charge in [0.1, 0.15) is 5.82 Å². The molecule has 0 spiro atoms. The largest absolute Gasteiger partial charge is 0.398 e. The highest BCUT2D eigenvalue weighted by Gasteiger charge is 1.97. The summed E-state index contributed by atoms with van der Waals surface area (Å²) >= 11 is 1.44. The van der Waals surface area contributed by atoms with Gasteiger partial charge in [-0.05, 0) is 29.4 Å². The highest BCUT2D eigenvalue weighted by molar-refractivity contribution is 8.05. The van der Waals surface area contributed by atoms with Gasteiger partial charge in [-0.3, -0.25) is 0 Å². The van der Waals surface area contributed by atoms with E-state index in [1.807, 2.05) is 6.92 Å². The van der Waals surface area contributed by atoms with Crippen molar-refractivity contribution in [2.45, 2.75) is 6.92 Å². The minimum atomic E-state index is -0.279. The van der Waals surface area contributed by atoms with Gasteiger partial charge < -0.3 is 5.73 Å². The van der Waals surface area contributed by atoms with Crippen molar-refractivity contribution in [3.05, 3.63) is 52.5 Å². The van der Waals surface area contributed by atoms with Crippen LogP contribution in [0.1, 0.15) is 12.5 Å². The number of hydrogen-bond acceptors (Lipinski definition) is 2. The summed E-state index contributed by atoms with van der Waals surface area (Å²) in [5, 5.41) is 1.76. The molecule has 1 rings (SSSR count). The van der Waals surface area contributed by atoms with Gasteiger partial charge in [-0.25, -0.2) is 4.39 Å². The average molecular weight is 209 g/mol. The van der Waals surface area contributed by atoms with Crippen molar-refractivity contribution >= 4 is 17.5 Å². The summed E-state index contributed by atoms with van der Waals surface area (Å²) in [5.74, 6) is -0.279. The number of nitrogens with two attached hydrogens (primary N) is 1. The Balaban J connectivity index is 2.83. The molecular weight excluding hydrogens is 197 g/mol. The number of halogens is 1. The third kappa shape index (κ3) is 3.26. The maximum Gasteiger partial charge on any atom is 0.123 e. The van der Waals surface area contributed by atoms with Crippen molar-refractivity contribution in [2.75, 3.05) is 0 Å². The maximum atomic E-state index is 12.8. The van der Waals surface area contributed by atoms with Crippen LogP contribution in [0, 0.1) is 5.82 Å². The van der Waals surface area contributed by atoms with Crippen molar-refractivity contribution in [2.24, 2.45) is 5.73 Å². The van der Waals surface area contributed by atoms with Crippen LogP contribution in [0.2, 0.25) is 0 Å². The first-order chi connectivity index (χ1) is 6.59. The Kier molecular flexibility index (Phi) is 3.77. The average Bonchev–Trinajstić information content (AvgIpc) is 2.14. The number of benzene rings is 1. The van der Waals surface area contributed by atoms with E-state index in [9.17, 15) is 4.39 Å². The molecule has 0 aliphatic heterocycles. The predicted molar refractivity (Wildman–Crippen MR) is 61.0 cm³/mol. The van der Waals surface area contributed by atoms with E-state index in [-0.39, 0.29) is 5.82 Å². The summed E-state index contributed by atoms with van der Waals surface area (Å²) in [6.45, 7) is 5.62. The zero-order valence-corrected chi connectivity index (χ0v) is 8.77. The molecule has 1 aromatic rings. The van der Waals surface area contributed by atoms with Crippen LogP contribution in [0.5, 0.6) is 0 Å². The number of allylic oxidation sites excluding steroid dienone is 1. The summed E-state index contributed by atoms with van der Waals surface area (Å²) in [5.41, 5.74) is 6.99. The van der Waals surface area contributed by atoms with Crippen molar-refractivity contribution in [3.63, 3.8) is 0 Å². The molecule has 0 aliphatic carbocycles. The Bertz CT molecular complexity index is 371. The Morgan fingerprint density at radius 3 is 2.86 bits per heavy atom. The fraction of sp³-hybridized carbons (Fsp3) is 0.0909. The summed E-state index contributed by atoms with van der Waals surface area (Å²) in [7, 11) is 0. The standard InChI is InChI=1S/C11H12FNS/c1-8(2)14-7-11(13)9-4-3-5-10(12)6-9/h3-7H,1,13H2,2H3/b11-7-. The molecule has 0 fully saturated rings. The molecule has 0 unspecified atom stereocenters. The molecule has 2 N–H and O–H groups in total. The van der Waals surface area contributed by atoms with Gasteiger partial charge in [0.2, 0.25) is 0 Å².